The van der Waals surface area contributed by atoms with E-state index in [0.29, 0.717) is 25.6 Å². The van der Waals surface area contributed by atoms with E-state index in [1.54, 1.807) is 34.6 Å². The number of carbonyl (C=O) groups excluding carboxylic acids is 1. The van der Waals surface area contributed by atoms with Gasteiger partial charge in [0.1, 0.15) is 30.6 Å². The average molecular weight is 815 g/mol. The van der Waals surface area contributed by atoms with E-state index in [1.807, 2.05) is 39.8 Å². The Morgan fingerprint density at radius 1 is 0.930 bits per heavy atom. The van der Waals surface area contributed by atoms with Gasteiger partial charge in [0.25, 0.3) is 0 Å². The minimum absolute atomic E-state index is 0.0900. The van der Waals surface area contributed by atoms with Crippen LogP contribution >= 0.6 is 0 Å². The molecule has 332 valence electrons. The normalized spacial score (nSPS) is 50.1. The Morgan fingerprint density at radius 3 is 2.18 bits per heavy atom. The maximum Gasteiger partial charge on any atom is 0.311 e. The van der Waals surface area contributed by atoms with Crippen LogP contribution in [0, 0.1) is 23.7 Å². The summed E-state index contributed by atoms with van der Waals surface area (Å²) in [6, 6.07) is -0.0392. The first-order valence-electron chi connectivity index (χ1n) is 21.8. The molecule has 5 rings (SSSR count). The number of hydrogen-bond acceptors (Lipinski definition) is 14. The summed E-state index contributed by atoms with van der Waals surface area (Å²) < 4.78 is 45.0. The first-order chi connectivity index (χ1) is 26.6. The molecule has 0 radical (unpaired) electrons. The van der Waals surface area contributed by atoms with Gasteiger partial charge in [-0.15, -0.1) is 0 Å². The zero-order valence-electron chi connectivity index (χ0n) is 37.1. The second-order valence-electron chi connectivity index (χ2n) is 19.4. The van der Waals surface area contributed by atoms with Gasteiger partial charge in [0, 0.05) is 43.5 Å². The molecule has 5 aliphatic rings. The van der Waals surface area contributed by atoms with Crippen molar-refractivity contribution in [3.63, 3.8) is 0 Å². The highest BCUT2D eigenvalue weighted by Gasteiger charge is 2.56. The predicted octanol–water partition coefficient (Wildman–Crippen LogP) is 3.83. The Labute approximate surface area is 342 Å². The van der Waals surface area contributed by atoms with Crippen molar-refractivity contribution < 1.29 is 58.4 Å². The van der Waals surface area contributed by atoms with E-state index in [4.69, 9.17) is 33.2 Å². The predicted molar refractivity (Wildman–Crippen MR) is 213 cm³/mol. The molecule has 19 atom stereocenters. The summed E-state index contributed by atoms with van der Waals surface area (Å²) in [7, 11) is 5.36. The minimum Gasteiger partial charge on any atom is -0.459 e. The van der Waals surface area contributed by atoms with Crippen molar-refractivity contribution in [1.82, 2.24) is 9.80 Å². The highest BCUT2D eigenvalue weighted by atomic mass is 16.7. The van der Waals surface area contributed by atoms with Gasteiger partial charge in [-0.3, -0.25) is 9.69 Å². The minimum atomic E-state index is -1.55. The van der Waals surface area contributed by atoms with Gasteiger partial charge in [0.15, 0.2) is 12.6 Å². The molecule has 0 amide bonds. The van der Waals surface area contributed by atoms with Crippen LogP contribution in [0.4, 0.5) is 0 Å². The maximum atomic E-state index is 14.5. The summed E-state index contributed by atoms with van der Waals surface area (Å²) in [6.45, 7) is 19.0. The molecule has 0 aromatic carbocycles. The van der Waals surface area contributed by atoms with Crippen LogP contribution in [0.5, 0.6) is 0 Å². The number of hydrogen-bond donors (Lipinski definition) is 4. The van der Waals surface area contributed by atoms with Gasteiger partial charge in [-0.1, -0.05) is 40.5 Å². The van der Waals surface area contributed by atoms with Crippen LogP contribution in [0.15, 0.2) is 0 Å². The van der Waals surface area contributed by atoms with Gasteiger partial charge in [-0.2, -0.15) is 0 Å². The Hall–Kier alpha value is -1.01. The van der Waals surface area contributed by atoms with Crippen LogP contribution < -0.4 is 0 Å². The van der Waals surface area contributed by atoms with Gasteiger partial charge in [-0.05, 0) is 93.7 Å². The Balaban J connectivity index is 1.62. The molecular formula is C43H78N2O12. The topological polar surface area (TPSA) is 169 Å². The SMILES string of the molecule is CCC1OC(=O)[C@H](C)C(O[C@H]2C[C@@](C)(OC)[C@@H](O)[C@H](C)O2)[C@H](C)[C@@H](O[C@@H]2O[C@H](C)C[C@H](N(C)C)[C@H]2O)[C@](C)(O)C[C@@H](C)[C@H]2[C@H](C)[C@@H](OCN2C2CCCC2)[C@]1(C)O. The number of carbonyl (C=O) groups is 1. The van der Waals surface area contributed by atoms with Crippen LogP contribution in [-0.2, 0) is 38.0 Å². The number of cyclic esters (lactones) is 1. The largest absolute Gasteiger partial charge is 0.459 e. The molecule has 57 heavy (non-hydrogen) atoms. The van der Waals surface area contributed by atoms with Crippen LogP contribution in [-0.4, -0.2) is 160 Å². The number of methoxy groups -OCH3 is 1. The summed E-state index contributed by atoms with van der Waals surface area (Å²) in [5.41, 5.74) is -4.08. The molecule has 4 N–H and O–H groups in total. The highest BCUT2D eigenvalue weighted by Crippen LogP contribution is 2.45. The molecule has 2 bridgehead atoms. The third-order valence-corrected chi connectivity index (χ3v) is 14.6. The van der Waals surface area contributed by atoms with E-state index in [1.165, 1.54) is 7.11 Å². The molecule has 0 spiro atoms. The average Bonchev–Trinajstić information content (AvgIpc) is 3.68. The Kier molecular flexibility index (Phi) is 15.3. The molecule has 4 saturated heterocycles. The lowest BCUT2D eigenvalue weighted by Gasteiger charge is -2.54. The van der Waals surface area contributed by atoms with E-state index >= 15 is 0 Å². The van der Waals surface area contributed by atoms with Crippen molar-refractivity contribution in [1.29, 1.82) is 0 Å². The molecule has 2 unspecified atom stereocenters. The molecule has 1 aliphatic carbocycles. The second kappa shape index (κ2) is 18.5. The van der Waals surface area contributed by atoms with Crippen molar-refractivity contribution in [2.75, 3.05) is 27.9 Å². The number of likely N-dealkylation sites (N-methyl/N-ethyl adjacent to an activating group) is 1. The fourth-order valence-electron chi connectivity index (χ4n) is 11.4. The zero-order valence-corrected chi connectivity index (χ0v) is 37.1. The standard InChI is InChI=1S/C43H78N2O12/c1-14-31-43(10,50)38-25(4)33(45(22-52-38)29-17-15-16-18-29)23(2)20-41(8,49)37(57-40-34(46)30(44(11)12)19-24(3)53-40)26(5)35(27(6)39(48)55-31)56-32-21-42(9,51-13)36(47)28(7)54-32/h23-38,40,46-47,49-50H,14-22H2,1-13H3/t23-,24-,25+,26+,27-,28+,30+,31?,32+,33+,34-,35?,36+,37-,38-,40+,41-,42-,43-/m1/s1. The van der Waals surface area contributed by atoms with Crippen molar-refractivity contribution >= 4 is 5.97 Å². The molecule has 4 aliphatic heterocycles. The molecule has 0 aromatic rings. The van der Waals surface area contributed by atoms with E-state index in [2.05, 4.69) is 18.7 Å². The molecule has 5 fully saturated rings. The summed E-state index contributed by atoms with van der Waals surface area (Å²) in [4.78, 5) is 18.9. The fraction of sp³-hybridized carbons (Fsp3) is 0.977. The summed E-state index contributed by atoms with van der Waals surface area (Å²) >= 11 is 0. The van der Waals surface area contributed by atoms with E-state index in [9.17, 15) is 25.2 Å². The second-order valence-corrected chi connectivity index (χ2v) is 19.4. The van der Waals surface area contributed by atoms with Gasteiger partial charge in [-0.25, -0.2) is 0 Å². The van der Waals surface area contributed by atoms with Gasteiger partial charge >= 0.3 is 5.97 Å². The molecule has 14 nitrogen and oxygen atoms in total. The molecular weight excluding hydrogens is 736 g/mol. The summed E-state index contributed by atoms with van der Waals surface area (Å²) in [6.07, 6.45) is -2.62. The van der Waals surface area contributed by atoms with E-state index in [-0.39, 0.29) is 42.9 Å². The van der Waals surface area contributed by atoms with E-state index in [0.717, 1.165) is 25.7 Å². The highest BCUT2D eigenvalue weighted by molar-refractivity contribution is 5.73. The smallest absolute Gasteiger partial charge is 0.311 e. The van der Waals surface area contributed by atoms with Crippen molar-refractivity contribution in [3.8, 4) is 0 Å². The Morgan fingerprint density at radius 2 is 1.58 bits per heavy atom. The summed E-state index contributed by atoms with van der Waals surface area (Å²) in [5, 5.41) is 48.1. The summed E-state index contributed by atoms with van der Waals surface area (Å²) in [5.74, 6) is -2.57. The molecule has 4 heterocycles. The number of fused-ring (bicyclic) bond motifs is 2. The van der Waals surface area contributed by atoms with Gasteiger partial charge in [0.2, 0.25) is 0 Å². The number of aliphatic hydroxyl groups excluding tert-OH is 2. The zero-order chi connectivity index (χ0) is 42.4. The third-order valence-electron chi connectivity index (χ3n) is 14.6. The first-order valence-corrected chi connectivity index (χ1v) is 21.8. The molecule has 0 aromatic heterocycles. The van der Waals surface area contributed by atoms with Crippen LogP contribution in [0.1, 0.15) is 121 Å². The number of esters is 1. The number of aliphatic hydroxyl groups is 4. The maximum absolute atomic E-state index is 14.5. The van der Waals surface area contributed by atoms with Gasteiger partial charge in [0.05, 0.1) is 47.6 Å². The van der Waals surface area contributed by atoms with Crippen molar-refractivity contribution in [2.45, 2.75) is 217 Å². The monoisotopic (exact) mass is 815 g/mol. The number of nitrogens with zero attached hydrogens (tertiary/aromatic N) is 2. The van der Waals surface area contributed by atoms with Crippen molar-refractivity contribution in [3.05, 3.63) is 0 Å². The quantitative estimate of drug-likeness (QED) is 0.261. The van der Waals surface area contributed by atoms with Crippen LogP contribution in [0.25, 0.3) is 0 Å². The lowest BCUT2D eigenvalue weighted by Crippen LogP contribution is -2.66. The first kappa shape index (κ1) is 47.0. The van der Waals surface area contributed by atoms with Crippen LogP contribution in [0.2, 0.25) is 0 Å². The van der Waals surface area contributed by atoms with E-state index < -0.39 is 89.9 Å². The van der Waals surface area contributed by atoms with Crippen LogP contribution in [0.3, 0.4) is 0 Å². The fourth-order valence-corrected chi connectivity index (χ4v) is 11.4. The van der Waals surface area contributed by atoms with Gasteiger partial charge < -0.3 is 58.5 Å². The molecule has 14 heteroatoms. The Bertz CT molecular complexity index is 1310. The number of rotatable bonds is 8. The molecule has 1 saturated carbocycles. The van der Waals surface area contributed by atoms with Crippen molar-refractivity contribution in [2.24, 2.45) is 23.7 Å². The number of ether oxygens (including phenoxy) is 7. The third kappa shape index (κ3) is 9.73. The lowest BCUT2D eigenvalue weighted by molar-refractivity contribution is -0.319. The lowest BCUT2D eigenvalue weighted by atomic mass is 9.71.